The molecule has 1 unspecified atom stereocenters. The van der Waals surface area contributed by atoms with Crippen LogP contribution in [-0.4, -0.2) is 22.6 Å². The van der Waals surface area contributed by atoms with Crippen LogP contribution >= 0.6 is 15.9 Å². The lowest BCUT2D eigenvalue weighted by Gasteiger charge is -2.15. The fourth-order valence-electron chi connectivity index (χ4n) is 1.86. The molecule has 1 N–H and O–H groups in total. The van der Waals surface area contributed by atoms with Crippen molar-refractivity contribution in [1.82, 2.24) is 9.97 Å². The van der Waals surface area contributed by atoms with Gasteiger partial charge in [-0.2, -0.15) is 4.98 Å². The Balaban J connectivity index is 2.48. The third-order valence-electron chi connectivity index (χ3n) is 3.02. The van der Waals surface area contributed by atoms with Crippen LogP contribution in [0.4, 0.5) is 5.95 Å². The van der Waals surface area contributed by atoms with Crippen LogP contribution in [0.25, 0.3) is 0 Å². The highest BCUT2D eigenvalue weighted by atomic mass is 79.9. The Hall–Kier alpha value is -0.840. The predicted octanol–water partition coefficient (Wildman–Crippen LogP) is 4.80. The summed E-state index contributed by atoms with van der Waals surface area (Å²) >= 11 is 3.44. The molecule has 0 spiro atoms. The number of aromatic nitrogens is 2. The second-order valence-corrected chi connectivity index (χ2v) is 5.91. The van der Waals surface area contributed by atoms with Crippen LogP contribution in [0.5, 0.6) is 5.88 Å². The maximum Gasteiger partial charge on any atom is 0.233 e. The Morgan fingerprint density at radius 1 is 1.25 bits per heavy atom. The van der Waals surface area contributed by atoms with E-state index in [1.807, 2.05) is 0 Å². The average molecular weight is 344 g/mol. The Morgan fingerprint density at radius 2 is 2.05 bits per heavy atom. The van der Waals surface area contributed by atoms with E-state index < -0.39 is 0 Å². The topological polar surface area (TPSA) is 47.0 Å². The van der Waals surface area contributed by atoms with Crippen LogP contribution in [-0.2, 0) is 0 Å². The number of hydrogen-bond acceptors (Lipinski definition) is 4. The van der Waals surface area contributed by atoms with Crippen molar-refractivity contribution in [3.8, 4) is 5.88 Å². The van der Waals surface area contributed by atoms with Gasteiger partial charge in [0.15, 0.2) is 0 Å². The largest absolute Gasteiger partial charge is 0.474 e. The fraction of sp³-hybridized carbons (Fsp3) is 0.733. The van der Waals surface area contributed by atoms with Crippen molar-refractivity contribution < 1.29 is 4.74 Å². The summed E-state index contributed by atoms with van der Waals surface area (Å²) in [6, 6.07) is 0. The van der Waals surface area contributed by atoms with Gasteiger partial charge in [-0.3, -0.25) is 0 Å². The molecule has 1 aromatic heterocycles. The van der Waals surface area contributed by atoms with Crippen LogP contribution in [0.3, 0.4) is 0 Å². The minimum absolute atomic E-state index is 0.178. The Morgan fingerprint density at radius 3 is 2.75 bits per heavy atom. The third kappa shape index (κ3) is 6.55. The van der Waals surface area contributed by atoms with E-state index in [1.165, 1.54) is 25.7 Å². The lowest BCUT2D eigenvalue weighted by molar-refractivity contribution is 0.196. The zero-order valence-corrected chi connectivity index (χ0v) is 14.4. The summed E-state index contributed by atoms with van der Waals surface area (Å²) < 4.78 is 6.71. The number of nitrogens with zero attached hydrogens (tertiary/aromatic N) is 2. The molecule has 0 fully saturated rings. The molecule has 0 aliphatic rings. The molecule has 0 saturated carbocycles. The van der Waals surface area contributed by atoms with E-state index in [1.54, 1.807) is 6.20 Å². The Labute approximate surface area is 130 Å². The Bertz CT molecular complexity index is 387. The molecule has 0 aromatic carbocycles. The first-order valence-electron chi connectivity index (χ1n) is 7.60. The van der Waals surface area contributed by atoms with Crippen molar-refractivity contribution in [2.24, 2.45) is 0 Å². The maximum atomic E-state index is 5.91. The Kier molecular flexibility index (Phi) is 8.58. The van der Waals surface area contributed by atoms with Crippen molar-refractivity contribution in [2.75, 3.05) is 11.9 Å². The molecule has 0 aliphatic heterocycles. The molecular formula is C15H26BrN3O. The van der Waals surface area contributed by atoms with Gasteiger partial charge in [-0.25, -0.2) is 4.98 Å². The molecule has 1 atom stereocenters. The van der Waals surface area contributed by atoms with Gasteiger partial charge in [0, 0.05) is 6.54 Å². The molecule has 0 saturated heterocycles. The molecule has 114 valence electrons. The van der Waals surface area contributed by atoms with Crippen LogP contribution in [0.15, 0.2) is 10.7 Å². The molecule has 1 rings (SSSR count). The van der Waals surface area contributed by atoms with E-state index in [0.29, 0.717) is 11.8 Å². The summed E-state index contributed by atoms with van der Waals surface area (Å²) in [5, 5.41) is 3.17. The summed E-state index contributed by atoms with van der Waals surface area (Å²) in [6.45, 7) is 7.30. The van der Waals surface area contributed by atoms with Gasteiger partial charge in [-0.05, 0) is 42.1 Å². The van der Waals surface area contributed by atoms with Crippen molar-refractivity contribution in [1.29, 1.82) is 0 Å². The molecule has 0 radical (unpaired) electrons. The smallest absolute Gasteiger partial charge is 0.233 e. The number of nitrogens with one attached hydrogen (secondary N) is 1. The van der Waals surface area contributed by atoms with E-state index in [2.05, 4.69) is 52.0 Å². The zero-order valence-electron chi connectivity index (χ0n) is 12.8. The summed E-state index contributed by atoms with van der Waals surface area (Å²) in [5.41, 5.74) is 0. The van der Waals surface area contributed by atoms with Crippen LogP contribution < -0.4 is 10.1 Å². The van der Waals surface area contributed by atoms with E-state index in [9.17, 15) is 0 Å². The van der Waals surface area contributed by atoms with Gasteiger partial charge >= 0.3 is 0 Å². The number of halogens is 1. The van der Waals surface area contributed by atoms with Crippen LogP contribution in [0, 0.1) is 0 Å². The van der Waals surface area contributed by atoms with Gasteiger partial charge in [-0.15, -0.1) is 0 Å². The number of rotatable bonds is 10. The summed E-state index contributed by atoms with van der Waals surface area (Å²) in [4.78, 5) is 8.62. The lowest BCUT2D eigenvalue weighted by atomic mass is 10.1. The van der Waals surface area contributed by atoms with Crippen LogP contribution in [0.1, 0.15) is 59.3 Å². The first-order valence-corrected chi connectivity index (χ1v) is 8.39. The highest BCUT2D eigenvalue weighted by molar-refractivity contribution is 9.10. The molecule has 0 amide bonds. The maximum absolute atomic E-state index is 5.91. The minimum atomic E-state index is 0.178. The highest BCUT2D eigenvalue weighted by Gasteiger charge is 2.10. The first kappa shape index (κ1) is 17.2. The summed E-state index contributed by atoms with van der Waals surface area (Å²) in [5.74, 6) is 1.25. The summed E-state index contributed by atoms with van der Waals surface area (Å²) in [6.07, 6.45) is 9.07. The molecule has 1 aromatic rings. The van der Waals surface area contributed by atoms with E-state index in [0.717, 1.165) is 23.9 Å². The SMILES string of the molecule is CCCCCCC(C)Oc1nc(NCCC)ncc1Br. The highest BCUT2D eigenvalue weighted by Crippen LogP contribution is 2.24. The molecule has 0 aliphatic carbocycles. The number of unbranched alkanes of at least 4 members (excludes halogenated alkanes) is 3. The van der Waals surface area contributed by atoms with Gasteiger partial charge in [0.2, 0.25) is 11.8 Å². The molecular weight excluding hydrogens is 318 g/mol. The van der Waals surface area contributed by atoms with Gasteiger partial charge in [-0.1, -0.05) is 33.1 Å². The second-order valence-electron chi connectivity index (χ2n) is 5.05. The van der Waals surface area contributed by atoms with Crippen molar-refractivity contribution in [2.45, 2.75) is 65.4 Å². The summed E-state index contributed by atoms with van der Waals surface area (Å²) in [7, 11) is 0. The number of ether oxygens (including phenoxy) is 1. The average Bonchev–Trinajstić information content (AvgIpc) is 2.44. The second kappa shape index (κ2) is 9.97. The van der Waals surface area contributed by atoms with Gasteiger partial charge in [0.1, 0.15) is 0 Å². The van der Waals surface area contributed by atoms with Crippen LogP contribution in [0.2, 0.25) is 0 Å². The predicted molar refractivity (Wildman–Crippen MR) is 87.4 cm³/mol. The molecule has 0 bridgehead atoms. The number of anilines is 1. The van der Waals surface area contributed by atoms with Crippen molar-refractivity contribution in [3.05, 3.63) is 10.7 Å². The monoisotopic (exact) mass is 343 g/mol. The molecule has 4 nitrogen and oxygen atoms in total. The molecule has 20 heavy (non-hydrogen) atoms. The van der Waals surface area contributed by atoms with Crippen molar-refractivity contribution >= 4 is 21.9 Å². The lowest BCUT2D eigenvalue weighted by Crippen LogP contribution is -2.14. The number of hydrogen-bond donors (Lipinski definition) is 1. The minimum Gasteiger partial charge on any atom is -0.474 e. The van der Waals surface area contributed by atoms with Gasteiger partial charge in [0.25, 0.3) is 0 Å². The van der Waals surface area contributed by atoms with E-state index in [-0.39, 0.29) is 6.10 Å². The quantitative estimate of drug-likeness (QED) is 0.620. The van der Waals surface area contributed by atoms with Gasteiger partial charge in [0.05, 0.1) is 16.8 Å². The van der Waals surface area contributed by atoms with Crippen molar-refractivity contribution in [3.63, 3.8) is 0 Å². The fourth-order valence-corrected chi connectivity index (χ4v) is 2.15. The first-order chi connectivity index (χ1) is 9.67. The molecule has 5 heteroatoms. The van der Waals surface area contributed by atoms with Gasteiger partial charge < -0.3 is 10.1 Å². The van der Waals surface area contributed by atoms with E-state index in [4.69, 9.17) is 4.74 Å². The normalized spacial score (nSPS) is 12.2. The molecule has 1 heterocycles. The standard InChI is InChI=1S/C15H26BrN3O/c1-4-6-7-8-9-12(3)20-14-13(16)11-18-15(19-14)17-10-5-2/h11-12H,4-10H2,1-3H3,(H,17,18,19). The third-order valence-corrected chi connectivity index (χ3v) is 3.57. The zero-order chi connectivity index (χ0) is 14.8. The van der Waals surface area contributed by atoms with E-state index >= 15 is 0 Å².